The molecule has 5 nitrogen and oxygen atoms in total. The Kier molecular flexibility index (Phi) is 2.06. The van der Waals surface area contributed by atoms with Gasteiger partial charge in [-0.15, -0.1) is 0 Å². The highest BCUT2D eigenvalue weighted by atomic mass is 16.4. The maximum Gasteiger partial charge on any atom is 0.159 e. The Morgan fingerprint density at radius 3 is 3.21 bits per heavy atom. The number of aromatic nitrogens is 2. The van der Waals surface area contributed by atoms with Crippen molar-refractivity contribution in [1.82, 2.24) is 9.55 Å². The van der Waals surface area contributed by atoms with E-state index in [4.69, 9.17) is 10.9 Å². The van der Waals surface area contributed by atoms with Gasteiger partial charge in [0.1, 0.15) is 5.65 Å². The van der Waals surface area contributed by atoms with E-state index in [-0.39, 0.29) is 5.84 Å². The Hall–Kier alpha value is -2.04. The van der Waals surface area contributed by atoms with Crippen molar-refractivity contribution in [1.29, 1.82) is 0 Å². The van der Waals surface area contributed by atoms with Crippen molar-refractivity contribution < 1.29 is 5.21 Å². The topological polar surface area (TPSA) is 76.4 Å². The van der Waals surface area contributed by atoms with Crippen molar-refractivity contribution >= 4 is 16.9 Å². The zero-order valence-corrected chi connectivity index (χ0v) is 7.46. The number of oxime groups is 1. The minimum absolute atomic E-state index is 0.160. The van der Waals surface area contributed by atoms with Gasteiger partial charge >= 0.3 is 0 Å². The largest absolute Gasteiger partial charge is 0.409 e. The summed E-state index contributed by atoms with van der Waals surface area (Å²) < 4.78 is 1.82. The van der Waals surface area contributed by atoms with E-state index in [1.54, 1.807) is 6.20 Å². The fourth-order valence-electron chi connectivity index (χ4n) is 1.35. The second kappa shape index (κ2) is 3.37. The van der Waals surface area contributed by atoms with Gasteiger partial charge in [0, 0.05) is 17.8 Å². The van der Waals surface area contributed by atoms with Crippen LogP contribution < -0.4 is 5.73 Å². The maximum atomic E-state index is 8.43. The normalized spacial score (nSPS) is 12.1. The molecule has 0 aliphatic carbocycles. The SMILES string of the molecule is N/C(Cn1ccc2cccnc21)=N\O. The Bertz CT molecular complexity index is 474. The quantitative estimate of drug-likeness (QED) is 0.318. The van der Waals surface area contributed by atoms with Gasteiger partial charge < -0.3 is 15.5 Å². The summed E-state index contributed by atoms with van der Waals surface area (Å²) in [5.74, 6) is 0.160. The predicted molar refractivity (Wildman–Crippen MR) is 53.1 cm³/mol. The maximum absolute atomic E-state index is 8.43. The van der Waals surface area contributed by atoms with Gasteiger partial charge in [-0.05, 0) is 18.2 Å². The number of pyridine rings is 1. The Morgan fingerprint density at radius 1 is 1.57 bits per heavy atom. The molecule has 72 valence electrons. The number of rotatable bonds is 2. The summed E-state index contributed by atoms with van der Waals surface area (Å²) in [5, 5.41) is 12.4. The van der Waals surface area contributed by atoms with E-state index in [1.165, 1.54) is 0 Å². The molecule has 2 aromatic heterocycles. The molecule has 0 saturated carbocycles. The zero-order chi connectivity index (χ0) is 9.97. The third kappa shape index (κ3) is 1.39. The number of nitrogens with two attached hydrogens (primary N) is 1. The molecule has 0 fully saturated rings. The van der Waals surface area contributed by atoms with Gasteiger partial charge in [0.05, 0.1) is 6.54 Å². The van der Waals surface area contributed by atoms with Gasteiger partial charge in [0.25, 0.3) is 0 Å². The minimum Gasteiger partial charge on any atom is -0.409 e. The van der Waals surface area contributed by atoms with Crippen molar-refractivity contribution in [2.24, 2.45) is 10.9 Å². The molecule has 2 heterocycles. The van der Waals surface area contributed by atoms with E-state index in [1.807, 2.05) is 29.0 Å². The van der Waals surface area contributed by atoms with E-state index in [0.717, 1.165) is 11.0 Å². The summed E-state index contributed by atoms with van der Waals surface area (Å²) >= 11 is 0. The number of hydrogen-bond acceptors (Lipinski definition) is 3. The van der Waals surface area contributed by atoms with E-state index >= 15 is 0 Å². The van der Waals surface area contributed by atoms with E-state index in [9.17, 15) is 0 Å². The van der Waals surface area contributed by atoms with Gasteiger partial charge in [-0.1, -0.05) is 5.16 Å². The highest BCUT2D eigenvalue weighted by Crippen LogP contribution is 2.11. The molecule has 0 saturated heterocycles. The predicted octanol–water partition coefficient (Wildman–Crippen LogP) is 0.783. The lowest BCUT2D eigenvalue weighted by molar-refractivity contribution is 0.316. The van der Waals surface area contributed by atoms with Crippen molar-refractivity contribution in [2.75, 3.05) is 0 Å². The van der Waals surface area contributed by atoms with Crippen LogP contribution in [0.1, 0.15) is 0 Å². The van der Waals surface area contributed by atoms with Crippen LogP contribution >= 0.6 is 0 Å². The van der Waals surface area contributed by atoms with Crippen LogP contribution in [0.3, 0.4) is 0 Å². The van der Waals surface area contributed by atoms with E-state index in [2.05, 4.69) is 10.1 Å². The Labute approximate surface area is 80.5 Å². The number of amidine groups is 1. The summed E-state index contributed by atoms with van der Waals surface area (Å²) in [6.07, 6.45) is 3.57. The first-order valence-corrected chi connectivity index (χ1v) is 4.17. The first-order valence-electron chi connectivity index (χ1n) is 4.17. The standard InChI is InChI=1S/C9H10N4O/c10-8(12-14)6-13-5-3-7-2-1-4-11-9(7)13/h1-5,14H,6H2,(H2,10,12). The fraction of sp³-hybridized carbons (Fsp3) is 0.111. The third-order valence-electron chi connectivity index (χ3n) is 1.98. The van der Waals surface area contributed by atoms with Crippen molar-refractivity contribution in [3.63, 3.8) is 0 Å². The third-order valence-corrected chi connectivity index (χ3v) is 1.98. The Morgan fingerprint density at radius 2 is 2.43 bits per heavy atom. The van der Waals surface area contributed by atoms with Crippen LogP contribution in [0, 0.1) is 0 Å². The van der Waals surface area contributed by atoms with Gasteiger partial charge in [0.15, 0.2) is 5.84 Å². The second-order valence-electron chi connectivity index (χ2n) is 2.95. The lowest BCUT2D eigenvalue weighted by Crippen LogP contribution is -2.18. The molecule has 0 aromatic carbocycles. The molecule has 0 radical (unpaired) electrons. The van der Waals surface area contributed by atoms with Gasteiger partial charge in [-0.25, -0.2) is 4.98 Å². The summed E-state index contributed by atoms with van der Waals surface area (Å²) in [6.45, 7) is 0.344. The lowest BCUT2D eigenvalue weighted by Gasteiger charge is -2.01. The molecule has 2 aromatic rings. The van der Waals surface area contributed by atoms with Gasteiger partial charge in [-0.2, -0.15) is 0 Å². The summed E-state index contributed by atoms with van der Waals surface area (Å²) in [6, 6.07) is 5.77. The molecule has 0 amide bonds. The number of hydrogen-bond donors (Lipinski definition) is 2. The molecule has 2 rings (SSSR count). The summed E-state index contributed by atoms with van der Waals surface area (Å²) in [4.78, 5) is 4.20. The first kappa shape index (κ1) is 8.55. The second-order valence-corrected chi connectivity index (χ2v) is 2.95. The van der Waals surface area contributed by atoms with Crippen LogP contribution in [-0.4, -0.2) is 20.6 Å². The number of nitrogens with zero attached hydrogens (tertiary/aromatic N) is 3. The van der Waals surface area contributed by atoms with Crippen molar-refractivity contribution in [3.8, 4) is 0 Å². The molecule has 0 atom stereocenters. The lowest BCUT2D eigenvalue weighted by atomic mass is 10.3. The molecule has 0 bridgehead atoms. The minimum atomic E-state index is 0.160. The zero-order valence-electron chi connectivity index (χ0n) is 7.46. The van der Waals surface area contributed by atoms with Crippen molar-refractivity contribution in [3.05, 3.63) is 30.6 Å². The molecule has 0 spiro atoms. The average molecular weight is 190 g/mol. The van der Waals surface area contributed by atoms with Crippen molar-refractivity contribution in [2.45, 2.75) is 6.54 Å². The van der Waals surface area contributed by atoms with Crippen LogP contribution in [-0.2, 0) is 6.54 Å². The molecule has 14 heavy (non-hydrogen) atoms. The summed E-state index contributed by atoms with van der Waals surface area (Å²) in [5.41, 5.74) is 6.24. The highest BCUT2D eigenvalue weighted by molar-refractivity contribution is 5.82. The van der Waals surface area contributed by atoms with Crippen LogP contribution in [0.15, 0.2) is 35.7 Å². The molecule has 3 N–H and O–H groups in total. The molecule has 0 aliphatic rings. The smallest absolute Gasteiger partial charge is 0.159 e. The molecule has 0 unspecified atom stereocenters. The average Bonchev–Trinajstić information content (AvgIpc) is 2.62. The Balaban J connectivity index is 2.43. The molecular weight excluding hydrogens is 180 g/mol. The van der Waals surface area contributed by atoms with Crippen LogP contribution in [0.5, 0.6) is 0 Å². The van der Waals surface area contributed by atoms with Gasteiger partial charge in [0.2, 0.25) is 0 Å². The first-order chi connectivity index (χ1) is 6.81. The van der Waals surface area contributed by atoms with Crippen LogP contribution in [0.25, 0.3) is 11.0 Å². The van der Waals surface area contributed by atoms with E-state index < -0.39 is 0 Å². The molecule has 5 heteroatoms. The monoisotopic (exact) mass is 190 g/mol. The molecule has 0 aliphatic heterocycles. The van der Waals surface area contributed by atoms with Crippen LogP contribution in [0.4, 0.5) is 0 Å². The number of fused-ring (bicyclic) bond motifs is 1. The van der Waals surface area contributed by atoms with Gasteiger partial charge in [-0.3, -0.25) is 0 Å². The van der Waals surface area contributed by atoms with E-state index in [0.29, 0.717) is 6.54 Å². The van der Waals surface area contributed by atoms with Crippen LogP contribution in [0.2, 0.25) is 0 Å². The highest BCUT2D eigenvalue weighted by Gasteiger charge is 2.02. The molecular formula is C9H10N4O. The fourth-order valence-corrected chi connectivity index (χ4v) is 1.35. The summed E-state index contributed by atoms with van der Waals surface area (Å²) in [7, 11) is 0.